The second-order valence-electron chi connectivity index (χ2n) is 7.77. The summed E-state index contributed by atoms with van der Waals surface area (Å²) < 4.78 is 6.36. The molecule has 20 heavy (non-hydrogen) atoms. The summed E-state index contributed by atoms with van der Waals surface area (Å²) in [5.74, 6) is 0. The third kappa shape index (κ3) is 2.52. The van der Waals surface area contributed by atoms with Crippen LogP contribution in [-0.4, -0.2) is 65.8 Å². The van der Waals surface area contributed by atoms with E-state index in [0.717, 1.165) is 26.1 Å². The molecule has 0 radical (unpaired) electrons. The minimum Gasteiger partial charge on any atom is -0.368 e. The van der Waals surface area contributed by atoms with E-state index in [9.17, 15) is 0 Å². The second-order valence-corrected chi connectivity index (χ2v) is 7.77. The normalized spacial score (nSPS) is 38.2. The largest absolute Gasteiger partial charge is 0.368 e. The van der Waals surface area contributed by atoms with Crippen LogP contribution in [0.25, 0.3) is 0 Å². The Balaban J connectivity index is 2.28. The van der Waals surface area contributed by atoms with E-state index in [2.05, 4.69) is 51.5 Å². The summed E-state index contributed by atoms with van der Waals surface area (Å²) in [5, 5.41) is 0. The fourth-order valence-electron chi connectivity index (χ4n) is 4.45. The molecule has 0 aliphatic carbocycles. The lowest BCUT2D eigenvalue weighted by molar-refractivity contribution is -0.113. The molecule has 2 aliphatic heterocycles. The molecule has 0 aromatic carbocycles. The first kappa shape index (κ1) is 16.2. The molecule has 4 heteroatoms. The van der Waals surface area contributed by atoms with Gasteiger partial charge in [-0.3, -0.25) is 4.90 Å². The van der Waals surface area contributed by atoms with E-state index in [1.54, 1.807) is 0 Å². The van der Waals surface area contributed by atoms with Gasteiger partial charge in [0.25, 0.3) is 0 Å². The number of hydrogen-bond acceptors (Lipinski definition) is 4. The van der Waals surface area contributed by atoms with Gasteiger partial charge in [-0.1, -0.05) is 6.92 Å². The van der Waals surface area contributed by atoms with Crippen molar-refractivity contribution in [1.82, 2.24) is 9.80 Å². The molecule has 2 aliphatic rings. The molecule has 2 unspecified atom stereocenters. The predicted molar refractivity (Wildman–Crippen MR) is 83.9 cm³/mol. The molecule has 2 atom stereocenters. The Kier molecular flexibility index (Phi) is 4.25. The lowest BCUT2D eigenvalue weighted by atomic mass is 9.76. The zero-order chi connectivity index (χ0) is 15.2. The topological polar surface area (TPSA) is 41.7 Å². The molecule has 2 saturated heterocycles. The Morgan fingerprint density at radius 2 is 1.85 bits per heavy atom. The van der Waals surface area contributed by atoms with Crippen LogP contribution in [0.4, 0.5) is 0 Å². The molecular weight excluding hydrogens is 250 g/mol. The highest BCUT2D eigenvalue weighted by Gasteiger charge is 2.59. The minimum absolute atomic E-state index is 0.0365. The van der Waals surface area contributed by atoms with Crippen LogP contribution < -0.4 is 5.73 Å². The SMILES string of the molecule is CCC1CN(C2(CN)CC(C)(C)OC2(C)C)CCN1C. The number of likely N-dealkylation sites (N-methyl/N-ethyl adjacent to an activating group) is 1. The maximum absolute atomic E-state index is 6.36. The van der Waals surface area contributed by atoms with Crippen LogP contribution in [0.1, 0.15) is 47.5 Å². The van der Waals surface area contributed by atoms with E-state index in [0.29, 0.717) is 12.6 Å². The van der Waals surface area contributed by atoms with Crippen molar-refractivity contribution in [2.45, 2.75) is 70.2 Å². The highest BCUT2D eigenvalue weighted by Crippen LogP contribution is 2.48. The molecule has 2 heterocycles. The van der Waals surface area contributed by atoms with Crippen molar-refractivity contribution in [1.29, 1.82) is 0 Å². The zero-order valence-electron chi connectivity index (χ0n) is 14.2. The molecule has 0 aromatic rings. The molecule has 0 aromatic heterocycles. The third-order valence-corrected chi connectivity index (χ3v) is 5.56. The van der Waals surface area contributed by atoms with Crippen LogP contribution in [0.2, 0.25) is 0 Å². The lowest BCUT2D eigenvalue weighted by Crippen LogP contribution is -2.68. The first-order chi connectivity index (χ1) is 9.17. The quantitative estimate of drug-likeness (QED) is 0.856. The van der Waals surface area contributed by atoms with E-state index in [1.165, 1.54) is 6.42 Å². The van der Waals surface area contributed by atoms with Crippen LogP contribution in [0, 0.1) is 0 Å². The smallest absolute Gasteiger partial charge is 0.0830 e. The van der Waals surface area contributed by atoms with Crippen LogP contribution in [0.15, 0.2) is 0 Å². The number of hydrogen-bond donors (Lipinski definition) is 1. The van der Waals surface area contributed by atoms with Gasteiger partial charge in [-0.15, -0.1) is 0 Å². The summed E-state index contributed by atoms with van der Waals surface area (Å²) in [4.78, 5) is 5.10. The standard InChI is InChI=1S/C16H33N3O/c1-7-13-10-19(9-8-18(13)6)16(12-17)11-14(2,3)20-15(16,4)5/h13H,7-12,17H2,1-6H3. The van der Waals surface area contributed by atoms with Crippen molar-refractivity contribution in [2.75, 3.05) is 33.2 Å². The first-order valence-electron chi connectivity index (χ1n) is 8.03. The Labute approximate surface area is 124 Å². The number of nitrogens with two attached hydrogens (primary N) is 1. The molecule has 2 N–H and O–H groups in total. The van der Waals surface area contributed by atoms with Crippen LogP contribution >= 0.6 is 0 Å². The third-order valence-electron chi connectivity index (χ3n) is 5.56. The highest BCUT2D eigenvalue weighted by atomic mass is 16.5. The van der Waals surface area contributed by atoms with Gasteiger partial charge in [-0.05, 0) is 47.6 Å². The summed E-state index contributed by atoms with van der Waals surface area (Å²) >= 11 is 0. The Morgan fingerprint density at radius 1 is 1.20 bits per heavy atom. The van der Waals surface area contributed by atoms with Gasteiger partial charge in [0.05, 0.1) is 16.7 Å². The molecule has 0 amide bonds. The van der Waals surface area contributed by atoms with Crippen LogP contribution in [-0.2, 0) is 4.74 Å². The van der Waals surface area contributed by atoms with Crippen molar-refractivity contribution < 1.29 is 4.74 Å². The fourth-order valence-corrected chi connectivity index (χ4v) is 4.45. The van der Waals surface area contributed by atoms with Crippen molar-refractivity contribution >= 4 is 0 Å². The molecule has 4 nitrogen and oxygen atoms in total. The highest BCUT2D eigenvalue weighted by molar-refractivity contribution is 5.14. The van der Waals surface area contributed by atoms with Gasteiger partial charge < -0.3 is 15.4 Å². The summed E-state index contributed by atoms with van der Waals surface area (Å²) in [5.41, 5.74) is 5.96. The van der Waals surface area contributed by atoms with E-state index < -0.39 is 0 Å². The van der Waals surface area contributed by atoms with Gasteiger partial charge in [-0.25, -0.2) is 0 Å². The van der Waals surface area contributed by atoms with Crippen LogP contribution in [0.3, 0.4) is 0 Å². The van der Waals surface area contributed by atoms with E-state index in [-0.39, 0.29) is 16.7 Å². The van der Waals surface area contributed by atoms with E-state index in [1.807, 2.05) is 0 Å². The lowest BCUT2D eigenvalue weighted by Gasteiger charge is -2.52. The molecule has 2 rings (SSSR count). The maximum atomic E-state index is 6.36. The van der Waals surface area contributed by atoms with Gasteiger partial charge in [0, 0.05) is 32.2 Å². The molecule has 0 saturated carbocycles. The monoisotopic (exact) mass is 283 g/mol. The number of ether oxygens (including phenoxy) is 1. The van der Waals surface area contributed by atoms with E-state index >= 15 is 0 Å². The van der Waals surface area contributed by atoms with Crippen LogP contribution in [0.5, 0.6) is 0 Å². The fraction of sp³-hybridized carbons (Fsp3) is 1.00. The van der Waals surface area contributed by atoms with Crippen molar-refractivity contribution in [3.05, 3.63) is 0 Å². The predicted octanol–water partition coefficient (Wildman–Crippen LogP) is 1.69. The van der Waals surface area contributed by atoms with Gasteiger partial charge in [0.15, 0.2) is 0 Å². The van der Waals surface area contributed by atoms with Gasteiger partial charge >= 0.3 is 0 Å². The van der Waals surface area contributed by atoms with Crippen molar-refractivity contribution in [3.8, 4) is 0 Å². The molecule has 2 fully saturated rings. The average molecular weight is 283 g/mol. The molecule has 118 valence electrons. The average Bonchev–Trinajstić information content (AvgIpc) is 2.54. The van der Waals surface area contributed by atoms with Crippen molar-refractivity contribution in [2.24, 2.45) is 5.73 Å². The Morgan fingerprint density at radius 3 is 2.30 bits per heavy atom. The number of rotatable bonds is 3. The molecule has 0 bridgehead atoms. The zero-order valence-corrected chi connectivity index (χ0v) is 14.2. The molecule has 0 spiro atoms. The molecular formula is C16H33N3O. The van der Waals surface area contributed by atoms with Gasteiger partial charge in [-0.2, -0.15) is 0 Å². The number of piperazine rings is 1. The number of nitrogens with zero attached hydrogens (tertiary/aromatic N) is 2. The summed E-state index contributed by atoms with van der Waals surface area (Å²) in [6, 6.07) is 0.631. The minimum atomic E-state index is -0.195. The summed E-state index contributed by atoms with van der Waals surface area (Å²) in [6.07, 6.45) is 2.21. The maximum Gasteiger partial charge on any atom is 0.0830 e. The van der Waals surface area contributed by atoms with Gasteiger partial charge in [0.1, 0.15) is 0 Å². The Bertz CT molecular complexity index is 356. The Hall–Kier alpha value is -0.160. The summed E-state index contributed by atoms with van der Waals surface area (Å²) in [6.45, 7) is 15.1. The van der Waals surface area contributed by atoms with E-state index in [4.69, 9.17) is 10.5 Å². The summed E-state index contributed by atoms with van der Waals surface area (Å²) in [7, 11) is 2.24. The first-order valence-corrected chi connectivity index (χ1v) is 8.03. The second kappa shape index (κ2) is 5.24. The van der Waals surface area contributed by atoms with Crippen molar-refractivity contribution in [3.63, 3.8) is 0 Å². The van der Waals surface area contributed by atoms with Gasteiger partial charge in [0.2, 0.25) is 0 Å².